The minimum absolute atomic E-state index is 0.274. The average Bonchev–Trinajstić information content (AvgIpc) is 2.06. The summed E-state index contributed by atoms with van der Waals surface area (Å²) in [6.07, 6.45) is 0. The van der Waals surface area contributed by atoms with Gasteiger partial charge in [0.1, 0.15) is 11.5 Å². The SMILES string of the molecule is C=C1OCOc2ccccc21. The fourth-order valence-corrected chi connectivity index (χ4v) is 1.06. The molecule has 1 heterocycles. The number of hydrogen-bond acceptors (Lipinski definition) is 2. The summed E-state index contributed by atoms with van der Waals surface area (Å²) in [6.45, 7) is 4.03. The van der Waals surface area contributed by atoms with Crippen molar-refractivity contribution in [3.05, 3.63) is 36.4 Å². The lowest BCUT2D eigenvalue weighted by Crippen LogP contribution is -2.09. The summed E-state index contributed by atoms with van der Waals surface area (Å²) in [6, 6.07) is 7.69. The highest BCUT2D eigenvalue weighted by Gasteiger charge is 2.12. The zero-order valence-electron chi connectivity index (χ0n) is 6.04. The van der Waals surface area contributed by atoms with Crippen LogP contribution in [0.3, 0.4) is 0 Å². The lowest BCUT2D eigenvalue weighted by molar-refractivity contribution is 0.0809. The third kappa shape index (κ3) is 0.963. The first-order chi connectivity index (χ1) is 5.38. The second-order valence-electron chi connectivity index (χ2n) is 2.33. The summed E-state index contributed by atoms with van der Waals surface area (Å²) in [5, 5.41) is 0. The van der Waals surface area contributed by atoms with Gasteiger partial charge in [-0.3, -0.25) is 0 Å². The summed E-state index contributed by atoms with van der Waals surface area (Å²) in [5.74, 6) is 1.54. The molecule has 56 valence electrons. The highest BCUT2D eigenvalue weighted by molar-refractivity contribution is 5.64. The van der Waals surface area contributed by atoms with E-state index in [0.29, 0.717) is 5.76 Å². The Balaban J connectivity index is 2.52. The minimum atomic E-state index is 0.274. The predicted octanol–water partition coefficient (Wildman–Crippen LogP) is 2.02. The van der Waals surface area contributed by atoms with E-state index in [2.05, 4.69) is 6.58 Å². The van der Waals surface area contributed by atoms with Crippen LogP contribution in [0.5, 0.6) is 5.75 Å². The van der Waals surface area contributed by atoms with Crippen molar-refractivity contribution in [3.8, 4) is 5.75 Å². The lowest BCUT2D eigenvalue weighted by atomic mass is 10.1. The van der Waals surface area contributed by atoms with Crippen LogP contribution >= 0.6 is 0 Å². The molecule has 11 heavy (non-hydrogen) atoms. The molecule has 0 N–H and O–H groups in total. The fraction of sp³-hybridized carbons (Fsp3) is 0.111. The lowest BCUT2D eigenvalue weighted by Gasteiger charge is -2.19. The van der Waals surface area contributed by atoms with Gasteiger partial charge in [-0.25, -0.2) is 0 Å². The first kappa shape index (κ1) is 6.28. The molecule has 0 bridgehead atoms. The van der Waals surface area contributed by atoms with Gasteiger partial charge < -0.3 is 9.47 Å². The Morgan fingerprint density at radius 1 is 1.18 bits per heavy atom. The van der Waals surface area contributed by atoms with Crippen molar-refractivity contribution in [2.75, 3.05) is 6.79 Å². The Bertz CT molecular complexity index is 291. The molecule has 0 radical (unpaired) electrons. The molecular weight excluding hydrogens is 140 g/mol. The maximum Gasteiger partial charge on any atom is 0.230 e. The average molecular weight is 148 g/mol. The van der Waals surface area contributed by atoms with Gasteiger partial charge in [0.2, 0.25) is 6.79 Å². The zero-order valence-corrected chi connectivity index (χ0v) is 6.04. The molecule has 0 spiro atoms. The molecule has 2 rings (SSSR count). The van der Waals surface area contributed by atoms with E-state index in [-0.39, 0.29) is 6.79 Å². The van der Waals surface area contributed by atoms with Gasteiger partial charge in [-0.05, 0) is 12.1 Å². The minimum Gasteiger partial charge on any atom is -0.457 e. The van der Waals surface area contributed by atoms with Crippen LogP contribution < -0.4 is 4.74 Å². The van der Waals surface area contributed by atoms with Crippen LogP contribution in [-0.4, -0.2) is 6.79 Å². The van der Waals surface area contributed by atoms with Crippen molar-refractivity contribution >= 4 is 5.76 Å². The Hall–Kier alpha value is -1.44. The summed E-state index contributed by atoms with van der Waals surface area (Å²) in [5.41, 5.74) is 0.943. The second kappa shape index (κ2) is 2.31. The van der Waals surface area contributed by atoms with Gasteiger partial charge in [-0.1, -0.05) is 18.7 Å². The normalized spacial score (nSPS) is 14.7. The topological polar surface area (TPSA) is 18.5 Å². The highest BCUT2D eigenvalue weighted by atomic mass is 16.7. The standard InChI is InChI=1S/C9H8O2/c1-7-8-4-2-3-5-9(8)11-6-10-7/h2-5H,1,6H2. The van der Waals surface area contributed by atoms with Crippen LogP contribution in [-0.2, 0) is 4.74 Å². The third-order valence-electron chi connectivity index (χ3n) is 1.64. The molecule has 0 saturated carbocycles. The van der Waals surface area contributed by atoms with Crippen molar-refractivity contribution < 1.29 is 9.47 Å². The van der Waals surface area contributed by atoms with Crippen LogP contribution in [0.15, 0.2) is 30.8 Å². The molecule has 1 aromatic rings. The van der Waals surface area contributed by atoms with Crippen LogP contribution in [0.25, 0.3) is 5.76 Å². The molecular formula is C9H8O2. The van der Waals surface area contributed by atoms with Gasteiger partial charge in [0.25, 0.3) is 0 Å². The molecule has 0 aromatic heterocycles. The first-order valence-corrected chi connectivity index (χ1v) is 3.42. The van der Waals surface area contributed by atoms with Crippen molar-refractivity contribution in [3.63, 3.8) is 0 Å². The fourth-order valence-electron chi connectivity index (χ4n) is 1.06. The van der Waals surface area contributed by atoms with Crippen LogP contribution in [0.2, 0.25) is 0 Å². The quantitative estimate of drug-likeness (QED) is 0.560. The number of fused-ring (bicyclic) bond motifs is 1. The summed E-state index contributed by atoms with van der Waals surface area (Å²) >= 11 is 0. The summed E-state index contributed by atoms with van der Waals surface area (Å²) in [7, 11) is 0. The zero-order chi connectivity index (χ0) is 7.68. The van der Waals surface area contributed by atoms with Crippen LogP contribution in [0.4, 0.5) is 0 Å². The molecule has 0 saturated heterocycles. The Kier molecular flexibility index (Phi) is 1.32. The van der Waals surface area contributed by atoms with Crippen molar-refractivity contribution in [1.29, 1.82) is 0 Å². The molecule has 0 aliphatic carbocycles. The molecule has 1 aliphatic rings. The van der Waals surface area contributed by atoms with Gasteiger partial charge in [0.15, 0.2) is 0 Å². The number of para-hydroxylation sites is 1. The van der Waals surface area contributed by atoms with E-state index in [1.54, 1.807) is 0 Å². The predicted molar refractivity (Wildman–Crippen MR) is 42.1 cm³/mol. The van der Waals surface area contributed by atoms with Crippen LogP contribution in [0, 0.1) is 0 Å². The summed E-state index contributed by atoms with van der Waals surface area (Å²) < 4.78 is 10.3. The van der Waals surface area contributed by atoms with Gasteiger partial charge in [-0.2, -0.15) is 0 Å². The van der Waals surface area contributed by atoms with Crippen LogP contribution in [0.1, 0.15) is 5.56 Å². The highest BCUT2D eigenvalue weighted by Crippen LogP contribution is 2.28. The largest absolute Gasteiger partial charge is 0.457 e. The van der Waals surface area contributed by atoms with Gasteiger partial charge in [-0.15, -0.1) is 0 Å². The van der Waals surface area contributed by atoms with Gasteiger partial charge in [0.05, 0.1) is 5.56 Å². The van der Waals surface area contributed by atoms with Gasteiger partial charge >= 0.3 is 0 Å². The van der Waals surface area contributed by atoms with E-state index in [1.165, 1.54) is 0 Å². The molecule has 2 nitrogen and oxygen atoms in total. The molecule has 2 heteroatoms. The number of ether oxygens (including phenoxy) is 2. The molecule has 1 aliphatic heterocycles. The van der Waals surface area contributed by atoms with Crippen molar-refractivity contribution in [2.45, 2.75) is 0 Å². The second-order valence-corrected chi connectivity index (χ2v) is 2.33. The van der Waals surface area contributed by atoms with E-state index in [4.69, 9.17) is 9.47 Å². The smallest absolute Gasteiger partial charge is 0.230 e. The van der Waals surface area contributed by atoms with E-state index >= 15 is 0 Å². The van der Waals surface area contributed by atoms with E-state index < -0.39 is 0 Å². The summed E-state index contributed by atoms with van der Waals surface area (Å²) in [4.78, 5) is 0. The van der Waals surface area contributed by atoms with E-state index in [1.807, 2.05) is 24.3 Å². The number of hydrogen-bond donors (Lipinski definition) is 0. The van der Waals surface area contributed by atoms with Gasteiger partial charge in [0, 0.05) is 0 Å². The van der Waals surface area contributed by atoms with E-state index in [0.717, 1.165) is 11.3 Å². The maximum absolute atomic E-state index is 5.21. The van der Waals surface area contributed by atoms with Crippen molar-refractivity contribution in [2.24, 2.45) is 0 Å². The maximum atomic E-state index is 5.21. The third-order valence-corrected chi connectivity index (χ3v) is 1.64. The Morgan fingerprint density at radius 2 is 2.00 bits per heavy atom. The molecule has 0 atom stereocenters. The molecule has 1 aromatic carbocycles. The number of rotatable bonds is 0. The number of benzene rings is 1. The Labute approximate surface area is 65.1 Å². The molecule has 0 amide bonds. The Morgan fingerprint density at radius 3 is 2.82 bits per heavy atom. The first-order valence-electron chi connectivity index (χ1n) is 3.42. The van der Waals surface area contributed by atoms with Crippen molar-refractivity contribution in [1.82, 2.24) is 0 Å². The molecule has 0 fully saturated rings. The molecule has 0 unspecified atom stereocenters. The van der Waals surface area contributed by atoms with E-state index in [9.17, 15) is 0 Å². The monoisotopic (exact) mass is 148 g/mol.